The Morgan fingerprint density at radius 1 is 0.977 bits per heavy atom. The first-order valence-corrected chi connectivity index (χ1v) is 14.1. The second-order valence-electron chi connectivity index (χ2n) is 10.4. The van der Waals surface area contributed by atoms with Gasteiger partial charge >= 0.3 is 0 Å². The Morgan fingerprint density at radius 3 is 2.51 bits per heavy atom. The van der Waals surface area contributed by atoms with Crippen molar-refractivity contribution in [3.05, 3.63) is 128 Å². The standard InChI is InChI=1S/C34H32N4O5/c1-5-42-32-17-23(4)29(19-28(32)22(2)3)33-36-30-15-8-7-14-27(30)34(39)37(33)35-20-25-12-6-9-16-31(25)43-21-24-11-10-13-26(18-24)38(40)41/h6-20,22H,5,21H2,1-4H3. The molecule has 0 aliphatic rings. The molecule has 9 heteroatoms. The monoisotopic (exact) mass is 576 g/mol. The fourth-order valence-corrected chi connectivity index (χ4v) is 4.84. The van der Waals surface area contributed by atoms with Crippen LogP contribution in [-0.2, 0) is 6.61 Å². The fourth-order valence-electron chi connectivity index (χ4n) is 4.84. The lowest BCUT2D eigenvalue weighted by Crippen LogP contribution is -2.21. The van der Waals surface area contributed by atoms with Gasteiger partial charge in [0.1, 0.15) is 18.1 Å². The van der Waals surface area contributed by atoms with E-state index in [0.717, 1.165) is 22.4 Å². The van der Waals surface area contributed by atoms with Crippen molar-refractivity contribution in [1.82, 2.24) is 9.66 Å². The van der Waals surface area contributed by atoms with Crippen molar-refractivity contribution in [3.63, 3.8) is 0 Å². The lowest BCUT2D eigenvalue weighted by atomic mass is 9.96. The van der Waals surface area contributed by atoms with Gasteiger partial charge < -0.3 is 9.47 Å². The Balaban J connectivity index is 1.58. The van der Waals surface area contributed by atoms with Crippen molar-refractivity contribution in [1.29, 1.82) is 0 Å². The summed E-state index contributed by atoms with van der Waals surface area (Å²) in [4.78, 5) is 29.5. The van der Waals surface area contributed by atoms with E-state index in [1.165, 1.54) is 16.8 Å². The predicted molar refractivity (Wildman–Crippen MR) is 168 cm³/mol. The minimum absolute atomic E-state index is 0.00290. The fraction of sp³-hybridized carbons (Fsp3) is 0.206. The van der Waals surface area contributed by atoms with Crippen LogP contribution in [0.15, 0.2) is 94.8 Å². The minimum Gasteiger partial charge on any atom is -0.494 e. The maximum absolute atomic E-state index is 13.8. The van der Waals surface area contributed by atoms with E-state index in [1.807, 2.05) is 56.3 Å². The summed E-state index contributed by atoms with van der Waals surface area (Å²) < 4.78 is 13.3. The molecule has 9 nitrogen and oxygen atoms in total. The number of ether oxygens (including phenoxy) is 2. The molecule has 0 atom stereocenters. The SMILES string of the molecule is CCOc1cc(C)c(-c2nc3ccccc3c(=O)n2N=Cc2ccccc2OCc2cccc([N+](=O)[O-])c2)cc1C(C)C. The highest BCUT2D eigenvalue weighted by Gasteiger charge is 2.19. The van der Waals surface area contributed by atoms with Crippen molar-refractivity contribution in [3.8, 4) is 22.9 Å². The normalized spacial score (nSPS) is 11.4. The Kier molecular flexibility index (Phi) is 8.61. The Hall–Kier alpha value is -5.31. The second kappa shape index (κ2) is 12.7. The molecular weight excluding hydrogens is 544 g/mol. The molecule has 0 fully saturated rings. The van der Waals surface area contributed by atoms with Gasteiger partial charge in [-0.15, -0.1) is 0 Å². The molecule has 0 N–H and O–H groups in total. The van der Waals surface area contributed by atoms with Gasteiger partial charge in [-0.25, -0.2) is 4.98 Å². The zero-order valence-electron chi connectivity index (χ0n) is 24.5. The smallest absolute Gasteiger partial charge is 0.282 e. The third kappa shape index (κ3) is 6.30. The number of nitrogens with zero attached hydrogens (tertiary/aromatic N) is 4. The Bertz CT molecular complexity index is 1890. The third-order valence-electron chi connectivity index (χ3n) is 7.02. The third-order valence-corrected chi connectivity index (χ3v) is 7.02. The van der Waals surface area contributed by atoms with E-state index in [0.29, 0.717) is 40.2 Å². The van der Waals surface area contributed by atoms with Gasteiger partial charge in [0, 0.05) is 23.3 Å². The number of non-ortho nitro benzene ring substituents is 1. The maximum atomic E-state index is 13.8. The molecule has 218 valence electrons. The highest BCUT2D eigenvalue weighted by atomic mass is 16.6. The van der Waals surface area contributed by atoms with E-state index in [4.69, 9.17) is 14.5 Å². The summed E-state index contributed by atoms with van der Waals surface area (Å²) in [5.74, 6) is 1.92. The minimum atomic E-state index is -0.437. The van der Waals surface area contributed by atoms with Crippen molar-refractivity contribution in [2.75, 3.05) is 6.61 Å². The van der Waals surface area contributed by atoms with Crippen LogP contribution in [0.25, 0.3) is 22.3 Å². The molecule has 5 rings (SSSR count). The number of benzene rings is 4. The topological polar surface area (TPSA) is 109 Å². The van der Waals surface area contributed by atoms with Crippen LogP contribution in [0.3, 0.4) is 0 Å². The van der Waals surface area contributed by atoms with Crippen LogP contribution in [0.1, 0.15) is 48.9 Å². The van der Waals surface area contributed by atoms with E-state index in [-0.39, 0.29) is 23.8 Å². The van der Waals surface area contributed by atoms with Gasteiger partial charge in [0.15, 0.2) is 5.82 Å². The molecule has 1 heterocycles. The summed E-state index contributed by atoms with van der Waals surface area (Å²) in [6, 6.07) is 24.8. The van der Waals surface area contributed by atoms with Crippen molar-refractivity contribution in [2.45, 2.75) is 40.2 Å². The lowest BCUT2D eigenvalue weighted by Gasteiger charge is -2.18. The number of aromatic nitrogens is 2. The summed E-state index contributed by atoms with van der Waals surface area (Å²) >= 11 is 0. The molecule has 0 amide bonds. The number of nitro benzene ring substituents is 1. The van der Waals surface area contributed by atoms with E-state index in [9.17, 15) is 14.9 Å². The van der Waals surface area contributed by atoms with Crippen molar-refractivity contribution >= 4 is 22.8 Å². The van der Waals surface area contributed by atoms with E-state index < -0.39 is 4.92 Å². The van der Waals surface area contributed by atoms with Crippen LogP contribution in [-0.4, -0.2) is 27.4 Å². The maximum Gasteiger partial charge on any atom is 0.282 e. The van der Waals surface area contributed by atoms with Gasteiger partial charge in [0.2, 0.25) is 0 Å². The summed E-state index contributed by atoms with van der Waals surface area (Å²) in [6.07, 6.45) is 1.57. The summed E-state index contributed by atoms with van der Waals surface area (Å²) in [5, 5.41) is 16.3. The molecule has 0 spiro atoms. The highest BCUT2D eigenvalue weighted by Crippen LogP contribution is 2.34. The summed E-state index contributed by atoms with van der Waals surface area (Å²) in [7, 11) is 0. The largest absolute Gasteiger partial charge is 0.494 e. The molecular formula is C34H32N4O5. The summed E-state index contributed by atoms with van der Waals surface area (Å²) in [6.45, 7) is 8.79. The van der Waals surface area contributed by atoms with Crippen LogP contribution in [0.2, 0.25) is 0 Å². The molecule has 0 saturated carbocycles. The van der Waals surface area contributed by atoms with Crippen LogP contribution in [0.5, 0.6) is 11.5 Å². The number of para-hydroxylation sites is 2. The number of fused-ring (bicyclic) bond motifs is 1. The quantitative estimate of drug-likeness (QED) is 0.0983. The average Bonchev–Trinajstić information content (AvgIpc) is 3.00. The zero-order valence-corrected chi connectivity index (χ0v) is 24.5. The number of aryl methyl sites for hydroxylation is 1. The average molecular weight is 577 g/mol. The molecule has 0 bridgehead atoms. The van der Waals surface area contributed by atoms with Gasteiger partial charge in [-0.2, -0.15) is 9.78 Å². The number of hydrogen-bond donors (Lipinski definition) is 0. The first-order chi connectivity index (χ1) is 20.8. The second-order valence-corrected chi connectivity index (χ2v) is 10.4. The van der Waals surface area contributed by atoms with Crippen LogP contribution >= 0.6 is 0 Å². The molecule has 0 saturated heterocycles. The first-order valence-electron chi connectivity index (χ1n) is 14.1. The predicted octanol–water partition coefficient (Wildman–Crippen LogP) is 7.26. The molecule has 0 aliphatic heterocycles. The molecule has 5 aromatic rings. The number of rotatable bonds is 10. The molecule has 1 aromatic heterocycles. The molecule has 0 radical (unpaired) electrons. The first kappa shape index (κ1) is 29.2. The van der Waals surface area contributed by atoms with Crippen LogP contribution in [0.4, 0.5) is 5.69 Å². The van der Waals surface area contributed by atoms with Gasteiger partial charge in [-0.3, -0.25) is 14.9 Å². The number of hydrogen-bond acceptors (Lipinski definition) is 7. The van der Waals surface area contributed by atoms with Gasteiger partial charge in [-0.1, -0.05) is 50.2 Å². The van der Waals surface area contributed by atoms with E-state index >= 15 is 0 Å². The molecule has 4 aromatic carbocycles. The molecule has 43 heavy (non-hydrogen) atoms. The van der Waals surface area contributed by atoms with Crippen LogP contribution < -0.4 is 15.0 Å². The van der Waals surface area contributed by atoms with Crippen LogP contribution in [0, 0.1) is 17.0 Å². The Morgan fingerprint density at radius 2 is 1.74 bits per heavy atom. The van der Waals surface area contributed by atoms with Gasteiger partial charge in [-0.05, 0) is 72.9 Å². The number of nitro groups is 1. The highest BCUT2D eigenvalue weighted by molar-refractivity contribution is 5.84. The molecule has 0 unspecified atom stereocenters. The van der Waals surface area contributed by atoms with Gasteiger partial charge in [0.05, 0.1) is 28.6 Å². The zero-order chi connectivity index (χ0) is 30.5. The van der Waals surface area contributed by atoms with Gasteiger partial charge in [0.25, 0.3) is 11.2 Å². The van der Waals surface area contributed by atoms with E-state index in [2.05, 4.69) is 18.9 Å². The molecule has 0 aliphatic carbocycles. The summed E-state index contributed by atoms with van der Waals surface area (Å²) in [5.41, 5.74) is 4.26. The Labute approximate surface area is 249 Å². The van der Waals surface area contributed by atoms with Crippen molar-refractivity contribution in [2.24, 2.45) is 5.10 Å². The van der Waals surface area contributed by atoms with Crippen molar-refractivity contribution < 1.29 is 14.4 Å². The van der Waals surface area contributed by atoms with E-state index in [1.54, 1.807) is 36.5 Å². The lowest BCUT2D eigenvalue weighted by molar-refractivity contribution is -0.384.